The van der Waals surface area contributed by atoms with Crippen LogP contribution in [0.3, 0.4) is 0 Å². The van der Waals surface area contributed by atoms with Crippen LogP contribution in [-0.4, -0.2) is 65.9 Å². The van der Waals surface area contributed by atoms with Gasteiger partial charge in [0.25, 0.3) is 0 Å². The standard InChI is InChI=1S/C16H35NO4/c1-4-6-9-19-11-13-21-14-12-20-10-7-8-16(15-18-3)17-5-2/h16-17H,4-15H2,1-3H3. The fraction of sp³-hybridized carbons (Fsp3) is 1.00. The van der Waals surface area contributed by atoms with Gasteiger partial charge in [-0.1, -0.05) is 20.3 Å². The van der Waals surface area contributed by atoms with Gasteiger partial charge in [0.2, 0.25) is 0 Å². The number of nitrogens with one attached hydrogen (secondary N) is 1. The first-order valence-electron chi connectivity index (χ1n) is 8.30. The molecule has 0 amide bonds. The lowest BCUT2D eigenvalue weighted by molar-refractivity contribution is 0.0129. The summed E-state index contributed by atoms with van der Waals surface area (Å²) in [6, 6.07) is 0.431. The molecule has 1 unspecified atom stereocenters. The molecule has 0 fully saturated rings. The van der Waals surface area contributed by atoms with Crippen LogP contribution in [0, 0.1) is 0 Å². The predicted octanol–water partition coefficient (Wildman–Crippen LogP) is 2.24. The Morgan fingerprint density at radius 2 is 1.38 bits per heavy atom. The molecule has 0 aromatic rings. The minimum Gasteiger partial charge on any atom is -0.383 e. The highest BCUT2D eigenvalue weighted by molar-refractivity contribution is 4.64. The maximum Gasteiger partial charge on any atom is 0.0701 e. The smallest absolute Gasteiger partial charge is 0.0701 e. The molecule has 1 N–H and O–H groups in total. The average Bonchev–Trinajstić information content (AvgIpc) is 2.48. The van der Waals surface area contributed by atoms with Gasteiger partial charge in [-0.25, -0.2) is 0 Å². The van der Waals surface area contributed by atoms with Crippen molar-refractivity contribution in [2.24, 2.45) is 0 Å². The summed E-state index contributed by atoms with van der Waals surface area (Å²) in [4.78, 5) is 0. The number of likely N-dealkylation sites (N-methyl/N-ethyl adjacent to an activating group) is 1. The topological polar surface area (TPSA) is 49.0 Å². The zero-order chi connectivity index (χ0) is 15.6. The van der Waals surface area contributed by atoms with Crippen molar-refractivity contribution in [2.75, 3.05) is 59.9 Å². The Morgan fingerprint density at radius 1 is 0.810 bits per heavy atom. The van der Waals surface area contributed by atoms with Crippen LogP contribution < -0.4 is 5.32 Å². The van der Waals surface area contributed by atoms with Crippen molar-refractivity contribution in [2.45, 2.75) is 45.6 Å². The number of hydrogen-bond donors (Lipinski definition) is 1. The van der Waals surface area contributed by atoms with Gasteiger partial charge in [-0.2, -0.15) is 0 Å². The molecule has 0 bridgehead atoms. The van der Waals surface area contributed by atoms with E-state index in [1.807, 2.05) is 0 Å². The molecular formula is C16H35NO4. The molecule has 0 spiro atoms. The van der Waals surface area contributed by atoms with E-state index in [1.54, 1.807) is 7.11 Å². The Hall–Kier alpha value is -0.200. The molecular weight excluding hydrogens is 270 g/mol. The van der Waals surface area contributed by atoms with Crippen molar-refractivity contribution in [3.63, 3.8) is 0 Å². The monoisotopic (exact) mass is 305 g/mol. The Bertz CT molecular complexity index is 187. The molecule has 0 heterocycles. The molecule has 0 saturated heterocycles. The minimum absolute atomic E-state index is 0.431. The van der Waals surface area contributed by atoms with E-state index in [1.165, 1.54) is 6.42 Å². The highest BCUT2D eigenvalue weighted by atomic mass is 16.5. The summed E-state index contributed by atoms with van der Waals surface area (Å²) in [5, 5.41) is 3.40. The molecule has 0 saturated carbocycles. The summed E-state index contributed by atoms with van der Waals surface area (Å²) < 4.78 is 21.6. The zero-order valence-corrected chi connectivity index (χ0v) is 14.2. The summed E-state index contributed by atoms with van der Waals surface area (Å²) in [5.74, 6) is 0. The third-order valence-corrected chi connectivity index (χ3v) is 3.09. The molecule has 21 heavy (non-hydrogen) atoms. The van der Waals surface area contributed by atoms with Gasteiger partial charge in [-0.3, -0.25) is 0 Å². The zero-order valence-electron chi connectivity index (χ0n) is 14.2. The van der Waals surface area contributed by atoms with Crippen LogP contribution in [0.25, 0.3) is 0 Å². The second-order valence-corrected chi connectivity index (χ2v) is 5.04. The van der Waals surface area contributed by atoms with Gasteiger partial charge in [0.15, 0.2) is 0 Å². The second-order valence-electron chi connectivity index (χ2n) is 5.04. The van der Waals surface area contributed by atoms with Gasteiger partial charge in [-0.05, 0) is 25.8 Å². The molecule has 128 valence electrons. The second kappa shape index (κ2) is 17.9. The normalized spacial score (nSPS) is 12.7. The molecule has 0 aliphatic carbocycles. The molecule has 0 radical (unpaired) electrons. The summed E-state index contributed by atoms with van der Waals surface area (Å²) in [7, 11) is 1.74. The van der Waals surface area contributed by atoms with Crippen LogP contribution in [-0.2, 0) is 18.9 Å². The highest BCUT2D eigenvalue weighted by Crippen LogP contribution is 1.98. The molecule has 1 atom stereocenters. The SMILES string of the molecule is CCCCOCCOCCOCCCC(COC)NCC. The van der Waals surface area contributed by atoms with Gasteiger partial charge < -0.3 is 24.3 Å². The summed E-state index contributed by atoms with van der Waals surface area (Å²) >= 11 is 0. The van der Waals surface area contributed by atoms with Crippen molar-refractivity contribution in [1.82, 2.24) is 5.32 Å². The molecule has 0 aliphatic rings. The van der Waals surface area contributed by atoms with Gasteiger partial charge in [0, 0.05) is 26.4 Å². The van der Waals surface area contributed by atoms with Crippen LogP contribution in [0.2, 0.25) is 0 Å². The van der Waals surface area contributed by atoms with Crippen molar-refractivity contribution >= 4 is 0 Å². The number of unbranched alkanes of at least 4 members (excludes halogenated alkanes) is 1. The van der Waals surface area contributed by atoms with E-state index in [2.05, 4.69) is 19.2 Å². The fourth-order valence-corrected chi connectivity index (χ4v) is 1.95. The molecule has 0 rings (SSSR count). The lowest BCUT2D eigenvalue weighted by Gasteiger charge is -2.16. The maximum atomic E-state index is 5.55. The lowest BCUT2D eigenvalue weighted by atomic mass is 10.2. The first kappa shape index (κ1) is 20.8. The minimum atomic E-state index is 0.431. The Labute approximate surface area is 130 Å². The molecule has 0 aliphatic heterocycles. The number of methoxy groups -OCH3 is 1. The van der Waals surface area contributed by atoms with Crippen molar-refractivity contribution in [3.05, 3.63) is 0 Å². The third-order valence-electron chi connectivity index (χ3n) is 3.09. The maximum absolute atomic E-state index is 5.55. The van der Waals surface area contributed by atoms with E-state index >= 15 is 0 Å². The van der Waals surface area contributed by atoms with E-state index in [-0.39, 0.29) is 0 Å². The third kappa shape index (κ3) is 16.0. The van der Waals surface area contributed by atoms with Gasteiger partial charge in [0.05, 0.1) is 33.0 Å². The predicted molar refractivity (Wildman–Crippen MR) is 85.9 cm³/mol. The number of rotatable bonds is 17. The van der Waals surface area contributed by atoms with Crippen molar-refractivity contribution < 1.29 is 18.9 Å². The first-order chi connectivity index (χ1) is 10.3. The van der Waals surface area contributed by atoms with Gasteiger partial charge in [0.1, 0.15) is 0 Å². The Kier molecular flexibility index (Phi) is 17.7. The summed E-state index contributed by atoms with van der Waals surface area (Å²) in [5.41, 5.74) is 0. The van der Waals surface area contributed by atoms with Gasteiger partial charge >= 0.3 is 0 Å². The number of ether oxygens (including phenoxy) is 4. The summed E-state index contributed by atoms with van der Waals surface area (Å²) in [6.45, 7) is 10.3. The molecule has 0 aromatic heterocycles. The van der Waals surface area contributed by atoms with Crippen molar-refractivity contribution in [1.29, 1.82) is 0 Å². The first-order valence-corrected chi connectivity index (χ1v) is 8.30. The average molecular weight is 305 g/mol. The molecule has 0 aromatic carbocycles. The van der Waals surface area contributed by atoms with Crippen LogP contribution in [0.5, 0.6) is 0 Å². The van der Waals surface area contributed by atoms with Crippen molar-refractivity contribution in [3.8, 4) is 0 Å². The van der Waals surface area contributed by atoms with E-state index < -0.39 is 0 Å². The highest BCUT2D eigenvalue weighted by Gasteiger charge is 2.05. The summed E-state index contributed by atoms with van der Waals surface area (Å²) in [6.07, 6.45) is 4.42. The Balaban J connectivity index is 3.17. The largest absolute Gasteiger partial charge is 0.383 e. The molecule has 5 nitrogen and oxygen atoms in total. The van der Waals surface area contributed by atoms with Crippen LogP contribution >= 0.6 is 0 Å². The quantitative estimate of drug-likeness (QED) is 0.418. The Morgan fingerprint density at radius 3 is 1.90 bits per heavy atom. The van der Waals surface area contributed by atoms with E-state index in [4.69, 9.17) is 18.9 Å². The lowest BCUT2D eigenvalue weighted by Crippen LogP contribution is -2.33. The van der Waals surface area contributed by atoms with E-state index in [9.17, 15) is 0 Å². The van der Waals surface area contributed by atoms with E-state index in [0.717, 1.165) is 45.6 Å². The van der Waals surface area contributed by atoms with Crippen LogP contribution in [0.4, 0.5) is 0 Å². The van der Waals surface area contributed by atoms with Gasteiger partial charge in [-0.15, -0.1) is 0 Å². The fourth-order valence-electron chi connectivity index (χ4n) is 1.95. The van der Waals surface area contributed by atoms with Crippen LogP contribution in [0.1, 0.15) is 39.5 Å². The molecule has 5 heteroatoms. The van der Waals surface area contributed by atoms with E-state index in [0.29, 0.717) is 32.5 Å². The van der Waals surface area contributed by atoms with Crippen LogP contribution in [0.15, 0.2) is 0 Å². The number of hydrogen-bond acceptors (Lipinski definition) is 5.